The molecule has 0 atom stereocenters. The first kappa shape index (κ1) is 17.0. The van der Waals surface area contributed by atoms with Crippen LogP contribution in [0.25, 0.3) is 6.08 Å². The first-order chi connectivity index (χ1) is 9.56. The van der Waals surface area contributed by atoms with Crippen LogP contribution in [0.5, 0.6) is 0 Å². The summed E-state index contributed by atoms with van der Waals surface area (Å²) in [5, 5.41) is 10.7. The molecule has 108 valence electrons. The fourth-order valence-electron chi connectivity index (χ4n) is 1.74. The van der Waals surface area contributed by atoms with Gasteiger partial charge in [-0.3, -0.25) is 14.9 Å². The Morgan fingerprint density at radius 2 is 2.05 bits per heavy atom. The number of nitro groups is 1. The molecule has 0 fully saturated rings. The third-order valence-electron chi connectivity index (χ3n) is 2.73. The number of nitrogens with zero attached hydrogens (tertiary/aromatic N) is 2. The SMILES string of the molecule is C[n+]1cccc(C(=O)C=Cc2cccc([N+](=O)[O-])c2)c1.[I-]. The Kier molecular flexibility index (Phi) is 6.16. The van der Waals surface area contributed by atoms with Gasteiger partial charge < -0.3 is 24.0 Å². The Labute approximate surface area is 139 Å². The van der Waals surface area contributed by atoms with E-state index in [4.69, 9.17) is 0 Å². The highest BCUT2D eigenvalue weighted by atomic mass is 127. The minimum absolute atomic E-state index is 0. The van der Waals surface area contributed by atoms with E-state index in [0.29, 0.717) is 11.1 Å². The molecule has 0 aliphatic heterocycles. The van der Waals surface area contributed by atoms with Crippen molar-refractivity contribution in [3.05, 3.63) is 76.1 Å². The molecule has 5 nitrogen and oxygen atoms in total. The fourth-order valence-corrected chi connectivity index (χ4v) is 1.74. The molecule has 0 saturated carbocycles. The van der Waals surface area contributed by atoms with Crippen molar-refractivity contribution in [1.29, 1.82) is 0 Å². The van der Waals surface area contributed by atoms with Crippen LogP contribution in [0, 0.1) is 10.1 Å². The van der Waals surface area contributed by atoms with Crippen LogP contribution in [0.15, 0.2) is 54.9 Å². The fraction of sp³-hybridized carbons (Fsp3) is 0.0667. The molecule has 0 aliphatic carbocycles. The maximum atomic E-state index is 12.0. The van der Waals surface area contributed by atoms with Crippen molar-refractivity contribution < 1.29 is 38.3 Å². The normalized spacial score (nSPS) is 10.1. The van der Waals surface area contributed by atoms with E-state index in [1.165, 1.54) is 18.2 Å². The van der Waals surface area contributed by atoms with Crippen LogP contribution in [0.1, 0.15) is 15.9 Å². The maximum absolute atomic E-state index is 12.0. The summed E-state index contributed by atoms with van der Waals surface area (Å²) in [6, 6.07) is 9.65. The number of halogens is 1. The highest BCUT2D eigenvalue weighted by Gasteiger charge is 2.07. The Morgan fingerprint density at radius 3 is 2.71 bits per heavy atom. The number of pyridine rings is 1. The number of carbonyl (C=O) groups excluding carboxylic acids is 1. The second-order valence-corrected chi connectivity index (χ2v) is 4.31. The van der Waals surface area contributed by atoms with Crippen LogP contribution >= 0.6 is 0 Å². The van der Waals surface area contributed by atoms with Gasteiger partial charge in [0.05, 0.1) is 10.5 Å². The molecule has 6 heteroatoms. The summed E-state index contributed by atoms with van der Waals surface area (Å²) in [7, 11) is 1.83. The Morgan fingerprint density at radius 1 is 1.29 bits per heavy atom. The van der Waals surface area contributed by atoms with Crippen LogP contribution in [0.3, 0.4) is 0 Å². The third-order valence-corrected chi connectivity index (χ3v) is 2.73. The number of aryl methyl sites for hydroxylation is 1. The molecule has 2 aromatic rings. The summed E-state index contributed by atoms with van der Waals surface area (Å²) in [6.45, 7) is 0. The zero-order valence-electron chi connectivity index (χ0n) is 11.3. The number of ketones is 1. The van der Waals surface area contributed by atoms with Crippen LogP contribution in [-0.2, 0) is 7.05 Å². The number of rotatable bonds is 4. The molecular formula is C15H13IN2O3. The van der Waals surface area contributed by atoms with Gasteiger partial charge in [-0.1, -0.05) is 18.2 Å². The smallest absolute Gasteiger partial charge is 0.270 e. The first-order valence-electron chi connectivity index (χ1n) is 5.98. The van der Waals surface area contributed by atoms with Crippen molar-refractivity contribution in [3.63, 3.8) is 0 Å². The predicted octanol–water partition coefficient (Wildman–Crippen LogP) is -0.681. The number of aromatic nitrogens is 1. The molecule has 21 heavy (non-hydrogen) atoms. The van der Waals surface area contributed by atoms with E-state index in [1.54, 1.807) is 41.1 Å². The molecule has 0 bridgehead atoms. The van der Waals surface area contributed by atoms with Crippen LogP contribution in [0.2, 0.25) is 0 Å². The van der Waals surface area contributed by atoms with Gasteiger partial charge in [0, 0.05) is 18.2 Å². The quantitative estimate of drug-likeness (QED) is 0.172. The van der Waals surface area contributed by atoms with Crippen molar-refractivity contribution >= 4 is 17.5 Å². The molecule has 0 unspecified atom stereocenters. The lowest BCUT2D eigenvalue weighted by atomic mass is 10.1. The molecule has 1 aromatic heterocycles. The lowest BCUT2D eigenvalue weighted by Gasteiger charge is -1.95. The summed E-state index contributed by atoms with van der Waals surface area (Å²) in [6.07, 6.45) is 6.54. The van der Waals surface area contributed by atoms with E-state index in [1.807, 2.05) is 13.2 Å². The first-order valence-corrected chi connectivity index (χ1v) is 5.98. The second kappa shape index (κ2) is 7.63. The molecule has 0 radical (unpaired) electrons. The summed E-state index contributed by atoms with van der Waals surface area (Å²) >= 11 is 0. The van der Waals surface area contributed by atoms with E-state index in [2.05, 4.69) is 0 Å². The Balaban J connectivity index is 0.00000220. The largest absolute Gasteiger partial charge is 1.00 e. The van der Waals surface area contributed by atoms with Crippen molar-refractivity contribution in [2.75, 3.05) is 0 Å². The summed E-state index contributed by atoms with van der Waals surface area (Å²) < 4.78 is 1.79. The highest BCUT2D eigenvalue weighted by molar-refractivity contribution is 6.06. The minimum atomic E-state index is -0.462. The molecule has 2 rings (SSSR count). The van der Waals surface area contributed by atoms with Gasteiger partial charge in [-0.05, 0) is 17.7 Å². The van der Waals surface area contributed by atoms with E-state index >= 15 is 0 Å². The van der Waals surface area contributed by atoms with Crippen LogP contribution in [0.4, 0.5) is 5.69 Å². The van der Waals surface area contributed by atoms with Crippen LogP contribution < -0.4 is 28.5 Å². The number of benzene rings is 1. The van der Waals surface area contributed by atoms with Crippen molar-refractivity contribution in [3.8, 4) is 0 Å². The average molecular weight is 396 g/mol. The molecule has 0 saturated heterocycles. The van der Waals surface area contributed by atoms with Gasteiger partial charge >= 0.3 is 0 Å². The van der Waals surface area contributed by atoms with E-state index in [9.17, 15) is 14.9 Å². The predicted molar refractivity (Wildman–Crippen MR) is 74.1 cm³/mol. The Bertz CT molecular complexity index is 699. The number of hydrogen-bond donors (Lipinski definition) is 0. The summed E-state index contributed by atoms with van der Waals surface area (Å²) in [4.78, 5) is 22.2. The van der Waals surface area contributed by atoms with E-state index in [0.717, 1.165) is 0 Å². The lowest BCUT2D eigenvalue weighted by Crippen LogP contribution is -3.00. The maximum Gasteiger partial charge on any atom is 0.270 e. The number of non-ortho nitro benzene ring substituents is 1. The molecule has 1 heterocycles. The zero-order chi connectivity index (χ0) is 14.5. The van der Waals surface area contributed by atoms with Gasteiger partial charge in [0.1, 0.15) is 7.05 Å². The van der Waals surface area contributed by atoms with Crippen molar-refractivity contribution in [2.45, 2.75) is 0 Å². The second-order valence-electron chi connectivity index (χ2n) is 4.31. The van der Waals surface area contributed by atoms with E-state index in [-0.39, 0.29) is 35.4 Å². The number of hydrogen-bond acceptors (Lipinski definition) is 3. The van der Waals surface area contributed by atoms with Gasteiger partial charge in [-0.2, -0.15) is 0 Å². The van der Waals surface area contributed by atoms with Gasteiger partial charge in [-0.25, -0.2) is 4.57 Å². The molecule has 0 N–H and O–H groups in total. The molecule has 0 spiro atoms. The molecule has 0 aliphatic rings. The standard InChI is InChI=1S/C15H13N2O3.HI/c1-16-9-3-5-13(11-16)15(18)8-7-12-4-2-6-14(10-12)17(19)20;/h2-11H,1H3;1H/q+1;/p-1. The summed E-state index contributed by atoms with van der Waals surface area (Å²) in [5.74, 6) is -0.146. The molecular weight excluding hydrogens is 383 g/mol. The van der Waals surface area contributed by atoms with Gasteiger partial charge in [0.15, 0.2) is 18.2 Å². The topological polar surface area (TPSA) is 64.1 Å². The lowest BCUT2D eigenvalue weighted by molar-refractivity contribution is -0.671. The monoisotopic (exact) mass is 396 g/mol. The minimum Gasteiger partial charge on any atom is -1.00 e. The van der Waals surface area contributed by atoms with Crippen molar-refractivity contribution in [2.24, 2.45) is 7.05 Å². The van der Waals surface area contributed by atoms with Crippen molar-refractivity contribution in [1.82, 2.24) is 0 Å². The van der Waals surface area contributed by atoms with Gasteiger partial charge in [0.25, 0.3) is 5.69 Å². The number of nitro benzene ring substituents is 1. The van der Waals surface area contributed by atoms with Gasteiger partial charge in [0.2, 0.25) is 0 Å². The third kappa shape index (κ3) is 4.75. The number of allylic oxidation sites excluding steroid dienone is 1. The molecule has 0 amide bonds. The zero-order valence-corrected chi connectivity index (χ0v) is 13.4. The highest BCUT2D eigenvalue weighted by Crippen LogP contribution is 2.14. The molecule has 1 aromatic carbocycles. The summed E-state index contributed by atoms with van der Waals surface area (Å²) in [5.41, 5.74) is 1.19. The Hall–Kier alpha value is -2.09. The number of carbonyl (C=O) groups is 1. The van der Waals surface area contributed by atoms with Gasteiger partial charge in [-0.15, -0.1) is 0 Å². The van der Waals surface area contributed by atoms with E-state index < -0.39 is 4.92 Å². The average Bonchev–Trinajstić information content (AvgIpc) is 2.45. The van der Waals surface area contributed by atoms with Crippen LogP contribution in [-0.4, -0.2) is 10.7 Å².